The van der Waals surface area contributed by atoms with Gasteiger partial charge in [0.1, 0.15) is 16.2 Å². The number of thiophene rings is 1. The van der Waals surface area contributed by atoms with E-state index in [0.717, 1.165) is 20.1 Å². The van der Waals surface area contributed by atoms with Gasteiger partial charge in [0.15, 0.2) is 6.29 Å². The average Bonchev–Trinajstić information content (AvgIpc) is 2.82. The molecular weight excluding hydrogens is 268 g/mol. The van der Waals surface area contributed by atoms with Gasteiger partial charge in [-0.25, -0.2) is 9.97 Å². The smallest absolute Gasteiger partial charge is 0.193 e. The summed E-state index contributed by atoms with van der Waals surface area (Å²) in [5, 5.41) is 2.07. The molecule has 2 aromatic rings. The number of hydrogen-bond acceptors (Lipinski definition) is 6. The zero-order valence-electron chi connectivity index (χ0n) is 10.7. The molecule has 6 heteroatoms. The van der Waals surface area contributed by atoms with E-state index in [9.17, 15) is 0 Å². The van der Waals surface area contributed by atoms with E-state index in [2.05, 4.69) is 16.0 Å². The molecule has 98 valence electrons. The molecule has 0 aliphatic rings. The first-order chi connectivity index (χ1) is 8.80. The molecule has 0 atom stereocenters. The third-order valence-corrected chi connectivity index (χ3v) is 4.15. The van der Waals surface area contributed by atoms with Gasteiger partial charge in [-0.3, -0.25) is 0 Å². The van der Waals surface area contributed by atoms with E-state index in [1.165, 1.54) is 0 Å². The van der Waals surface area contributed by atoms with E-state index in [0.29, 0.717) is 13.2 Å². The van der Waals surface area contributed by atoms with E-state index in [1.54, 1.807) is 29.4 Å². The molecule has 0 saturated carbocycles. The molecule has 2 rings (SSSR count). The minimum absolute atomic E-state index is 0.297. The van der Waals surface area contributed by atoms with Gasteiger partial charge >= 0.3 is 0 Å². The predicted octanol–water partition coefficient (Wildman–Crippen LogP) is 3.48. The van der Waals surface area contributed by atoms with Gasteiger partial charge in [0.05, 0.1) is 4.88 Å². The second kappa shape index (κ2) is 6.47. The highest BCUT2D eigenvalue weighted by Gasteiger charge is 2.17. The lowest BCUT2D eigenvalue weighted by atomic mass is 10.3. The fraction of sp³-hybridized carbons (Fsp3) is 0.500. The zero-order valence-corrected chi connectivity index (χ0v) is 12.3. The third-order valence-electron chi connectivity index (χ3n) is 2.37. The van der Waals surface area contributed by atoms with Crippen LogP contribution < -0.4 is 0 Å². The highest BCUT2D eigenvalue weighted by molar-refractivity contribution is 7.98. The first-order valence-electron chi connectivity index (χ1n) is 5.81. The van der Waals surface area contributed by atoms with Crippen LogP contribution in [0.1, 0.15) is 25.0 Å². The first-order valence-corrected chi connectivity index (χ1v) is 7.85. The number of rotatable bonds is 6. The van der Waals surface area contributed by atoms with Crippen LogP contribution in [0, 0.1) is 0 Å². The number of fused-ring (bicyclic) bond motifs is 1. The van der Waals surface area contributed by atoms with Gasteiger partial charge < -0.3 is 9.47 Å². The number of aromatic nitrogens is 2. The van der Waals surface area contributed by atoms with Gasteiger partial charge in [-0.1, -0.05) is 0 Å². The molecule has 2 aromatic heterocycles. The normalized spacial score (nSPS) is 11.6. The van der Waals surface area contributed by atoms with Gasteiger partial charge in [0.25, 0.3) is 0 Å². The Morgan fingerprint density at radius 3 is 2.61 bits per heavy atom. The van der Waals surface area contributed by atoms with E-state index in [1.807, 2.05) is 20.1 Å². The highest BCUT2D eigenvalue weighted by Crippen LogP contribution is 2.34. The fourth-order valence-corrected chi connectivity index (χ4v) is 3.24. The van der Waals surface area contributed by atoms with Crippen molar-refractivity contribution in [2.45, 2.75) is 25.2 Å². The van der Waals surface area contributed by atoms with Crippen LogP contribution in [-0.4, -0.2) is 29.4 Å². The molecular formula is C12H16N2O2S2. The van der Waals surface area contributed by atoms with Crippen LogP contribution in [0.15, 0.2) is 17.4 Å². The zero-order chi connectivity index (χ0) is 13.0. The maximum Gasteiger partial charge on any atom is 0.193 e. The Morgan fingerprint density at radius 2 is 2.00 bits per heavy atom. The maximum absolute atomic E-state index is 5.60. The minimum atomic E-state index is -0.297. The van der Waals surface area contributed by atoms with Gasteiger partial charge in [0, 0.05) is 18.6 Å². The molecule has 0 aliphatic carbocycles. The second-order valence-electron chi connectivity index (χ2n) is 3.49. The van der Waals surface area contributed by atoms with Gasteiger partial charge in [0.2, 0.25) is 0 Å². The lowest BCUT2D eigenvalue weighted by Crippen LogP contribution is -2.06. The molecule has 18 heavy (non-hydrogen) atoms. The van der Waals surface area contributed by atoms with Crippen LogP contribution in [0.25, 0.3) is 10.2 Å². The number of hydrogen-bond donors (Lipinski definition) is 0. The summed E-state index contributed by atoms with van der Waals surface area (Å²) in [6.45, 7) is 5.18. The van der Waals surface area contributed by atoms with Crippen LogP contribution >= 0.6 is 23.1 Å². The molecule has 0 spiro atoms. The summed E-state index contributed by atoms with van der Waals surface area (Å²) < 4.78 is 11.2. The molecule has 0 N–H and O–H groups in total. The van der Waals surface area contributed by atoms with E-state index in [4.69, 9.17) is 9.47 Å². The second-order valence-corrected chi connectivity index (χ2v) is 5.35. The monoisotopic (exact) mass is 284 g/mol. The van der Waals surface area contributed by atoms with Crippen molar-refractivity contribution in [2.75, 3.05) is 19.5 Å². The molecule has 0 amide bonds. The maximum atomic E-state index is 5.60. The van der Waals surface area contributed by atoms with Crippen LogP contribution in [0.4, 0.5) is 0 Å². The molecule has 0 fully saturated rings. The summed E-state index contributed by atoms with van der Waals surface area (Å²) >= 11 is 3.22. The lowest BCUT2D eigenvalue weighted by Gasteiger charge is -2.14. The van der Waals surface area contributed by atoms with Crippen molar-refractivity contribution in [3.63, 3.8) is 0 Å². The average molecular weight is 284 g/mol. The summed E-state index contributed by atoms with van der Waals surface area (Å²) in [4.78, 5) is 10.6. The van der Waals surface area contributed by atoms with Gasteiger partial charge in [-0.05, 0) is 26.2 Å². The van der Waals surface area contributed by atoms with Crippen LogP contribution in [0.2, 0.25) is 0 Å². The Kier molecular flexibility index (Phi) is 4.94. The number of thioether (sulfide) groups is 1. The van der Waals surface area contributed by atoms with Crippen LogP contribution in [0.3, 0.4) is 0 Å². The Labute approximate surface area is 115 Å². The van der Waals surface area contributed by atoms with Crippen molar-refractivity contribution in [3.8, 4) is 0 Å². The Balaban J connectivity index is 2.38. The van der Waals surface area contributed by atoms with Crippen molar-refractivity contribution >= 4 is 33.3 Å². The Morgan fingerprint density at radius 1 is 1.28 bits per heavy atom. The molecule has 0 saturated heterocycles. The summed E-state index contributed by atoms with van der Waals surface area (Å²) in [5.74, 6) is 0. The topological polar surface area (TPSA) is 44.2 Å². The van der Waals surface area contributed by atoms with Crippen LogP contribution in [0.5, 0.6) is 0 Å². The molecule has 0 aliphatic heterocycles. The van der Waals surface area contributed by atoms with Crippen molar-refractivity contribution in [1.82, 2.24) is 9.97 Å². The van der Waals surface area contributed by atoms with E-state index in [-0.39, 0.29) is 6.29 Å². The Bertz CT molecular complexity index is 510. The number of ether oxygens (including phenoxy) is 2. The quantitative estimate of drug-likeness (QED) is 0.461. The summed E-state index contributed by atoms with van der Waals surface area (Å²) in [5.41, 5.74) is 0. The van der Waals surface area contributed by atoms with Gasteiger partial charge in [-0.15, -0.1) is 23.1 Å². The summed E-state index contributed by atoms with van der Waals surface area (Å²) in [6.07, 6.45) is 3.32. The SMILES string of the molecule is CCOC(OCC)c1cc2c(SC)ncnc2s1. The van der Waals surface area contributed by atoms with Gasteiger partial charge in [-0.2, -0.15) is 0 Å². The van der Waals surface area contributed by atoms with E-state index >= 15 is 0 Å². The predicted molar refractivity (Wildman–Crippen MR) is 75.2 cm³/mol. The third kappa shape index (κ3) is 2.83. The molecule has 2 heterocycles. The van der Waals surface area contributed by atoms with Crippen molar-refractivity contribution in [2.24, 2.45) is 0 Å². The minimum Gasteiger partial charge on any atom is -0.348 e. The molecule has 4 nitrogen and oxygen atoms in total. The standard InChI is InChI=1S/C12H16N2O2S2/c1-4-15-12(16-5-2)9-6-8-10(17-3)13-7-14-11(8)18-9/h6-7,12H,4-5H2,1-3H3. The summed E-state index contributed by atoms with van der Waals surface area (Å²) in [6, 6.07) is 2.07. The molecule has 0 aromatic carbocycles. The highest BCUT2D eigenvalue weighted by atomic mass is 32.2. The Hall–Kier alpha value is -0.690. The molecule has 0 radical (unpaired) electrons. The fourth-order valence-electron chi connectivity index (χ4n) is 1.65. The largest absolute Gasteiger partial charge is 0.348 e. The lowest BCUT2D eigenvalue weighted by molar-refractivity contribution is -0.138. The van der Waals surface area contributed by atoms with Crippen molar-refractivity contribution in [1.29, 1.82) is 0 Å². The summed E-state index contributed by atoms with van der Waals surface area (Å²) in [7, 11) is 0. The number of nitrogens with zero attached hydrogens (tertiary/aromatic N) is 2. The van der Waals surface area contributed by atoms with Crippen molar-refractivity contribution < 1.29 is 9.47 Å². The van der Waals surface area contributed by atoms with Crippen molar-refractivity contribution in [3.05, 3.63) is 17.3 Å². The first kappa shape index (κ1) is 13.7. The van der Waals surface area contributed by atoms with E-state index < -0.39 is 0 Å². The molecule has 0 bridgehead atoms. The van der Waals surface area contributed by atoms with Crippen LogP contribution in [-0.2, 0) is 9.47 Å². The molecule has 0 unspecified atom stereocenters.